The van der Waals surface area contributed by atoms with Gasteiger partial charge in [0.2, 0.25) is 0 Å². The van der Waals surface area contributed by atoms with Crippen LogP contribution in [0.4, 0.5) is 0 Å². The van der Waals surface area contributed by atoms with Crippen LogP contribution in [-0.4, -0.2) is 14.9 Å². The molecule has 3 heteroatoms. The molecule has 1 heterocycles. The summed E-state index contributed by atoms with van der Waals surface area (Å²) in [6, 6.07) is 0. The summed E-state index contributed by atoms with van der Waals surface area (Å²) in [7, 11) is 0. The summed E-state index contributed by atoms with van der Waals surface area (Å²) in [4.78, 5) is 0. The Morgan fingerprint density at radius 1 is 1.50 bits per heavy atom. The summed E-state index contributed by atoms with van der Waals surface area (Å²) >= 11 is 0. The largest absolute Gasteiger partial charge is 0.388 e. The van der Waals surface area contributed by atoms with Crippen molar-refractivity contribution < 1.29 is 5.11 Å². The smallest absolute Gasteiger partial charge is 0.0853 e. The highest BCUT2D eigenvalue weighted by atomic mass is 16.3. The highest BCUT2D eigenvalue weighted by Crippen LogP contribution is 2.42. The molecule has 0 aliphatic heterocycles. The molecule has 3 nitrogen and oxygen atoms in total. The van der Waals surface area contributed by atoms with E-state index in [-0.39, 0.29) is 6.10 Å². The van der Waals surface area contributed by atoms with Crippen LogP contribution in [0.1, 0.15) is 42.8 Å². The topological polar surface area (TPSA) is 38.0 Å². The van der Waals surface area contributed by atoms with Crippen LogP contribution < -0.4 is 0 Å². The minimum absolute atomic E-state index is 0.282. The van der Waals surface area contributed by atoms with E-state index in [9.17, 15) is 5.11 Å². The summed E-state index contributed by atoms with van der Waals surface area (Å²) in [6.45, 7) is 6.99. The van der Waals surface area contributed by atoms with Crippen LogP contribution in [0.3, 0.4) is 0 Å². The SMILES string of the molecule is CCn1nc(C)c(C(O)C2CC2)c1C. The third kappa shape index (κ3) is 1.46. The Kier molecular flexibility index (Phi) is 2.35. The van der Waals surface area contributed by atoms with Gasteiger partial charge in [-0.2, -0.15) is 5.10 Å². The molecule has 1 fully saturated rings. The molecule has 0 saturated heterocycles. The van der Waals surface area contributed by atoms with Crippen LogP contribution in [0.2, 0.25) is 0 Å². The summed E-state index contributed by atoms with van der Waals surface area (Å²) in [6.07, 6.45) is 2.05. The van der Waals surface area contributed by atoms with Gasteiger partial charge in [0, 0.05) is 17.8 Å². The van der Waals surface area contributed by atoms with E-state index in [0.717, 1.165) is 36.3 Å². The lowest BCUT2D eigenvalue weighted by Gasteiger charge is -2.09. The van der Waals surface area contributed by atoms with Crippen LogP contribution in [0.5, 0.6) is 0 Å². The second-order valence-corrected chi connectivity index (χ2v) is 4.18. The summed E-state index contributed by atoms with van der Waals surface area (Å²) < 4.78 is 1.97. The van der Waals surface area contributed by atoms with Gasteiger partial charge in [0.15, 0.2) is 0 Å². The normalized spacial score (nSPS) is 18.6. The number of aromatic nitrogens is 2. The third-order valence-electron chi connectivity index (χ3n) is 3.10. The van der Waals surface area contributed by atoms with Crippen molar-refractivity contribution in [1.29, 1.82) is 0 Å². The Hall–Kier alpha value is -0.830. The lowest BCUT2D eigenvalue weighted by Crippen LogP contribution is -2.04. The van der Waals surface area contributed by atoms with Gasteiger partial charge in [-0.25, -0.2) is 0 Å². The van der Waals surface area contributed by atoms with Gasteiger partial charge >= 0.3 is 0 Å². The molecule has 1 aromatic rings. The molecule has 1 N–H and O–H groups in total. The maximum absolute atomic E-state index is 10.1. The van der Waals surface area contributed by atoms with Crippen molar-refractivity contribution >= 4 is 0 Å². The molecular formula is C11H18N2O. The van der Waals surface area contributed by atoms with E-state index >= 15 is 0 Å². The predicted octanol–water partition coefficient (Wildman–Crippen LogP) is 1.96. The van der Waals surface area contributed by atoms with Crippen molar-refractivity contribution in [3.63, 3.8) is 0 Å². The Morgan fingerprint density at radius 2 is 2.14 bits per heavy atom. The molecule has 0 amide bonds. The Morgan fingerprint density at radius 3 is 2.57 bits per heavy atom. The van der Waals surface area contributed by atoms with Crippen LogP contribution in [-0.2, 0) is 6.54 Å². The van der Waals surface area contributed by atoms with Crippen molar-refractivity contribution in [1.82, 2.24) is 9.78 Å². The van der Waals surface area contributed by atoms with Gasteiger partial charge in [-0.3, -0.25) is 4.68 Å². The van der Waals surface area contributed by atoms with Gasteiger partial charge in [-0.1, -0.05) is 0 Å². The van der Waals surface area contributed by atoms with E-state index in [4.69, 9.17) is 0 Å². The van der Waals surface area contributed by atoms with Crippen molar-refractivity contribution in [3.8, 4) is 0 Å². The molecular weight excluding hydrogens is 176 g/mol. The van der Waals surface area contributed by atoms with Gasteiger partial charge in [0.25, 0.3) is 0 Å². The molecule has 1 unspecified atom stereocenters. The fraction of sp³-hybridized carbons (Fsp3) is 0.727. The molecule has 0 spiro atoms. The van der Waals surface area contributed by atoms with E-state index in [1.54, 1.807) is 0 Å². The van der Waals surface area contributed by atoms with Crippen LogP contribution in [0, 0.1) is 19.8 Å². The maximum atomic E-state index is 10.1. The molecule has 78 valence electrons. The predicted molar refractivity (Wildman–Crippen MR) is 55.1 cm³/mol. The van der Waals surface area contributed by atoms with Crippen molar-refractivity contribution in [2.75, 3.05) is 0 Å². The fourth-order valence-electron chi connectivity index (χ4n) is 2.09. The molecule has 1 aliphatic rings. The quantitative estimate of drug-likeness (QED) is 0.798. The van der Waals surface area contributed by atoms with Crippen LogP contribution in [0.25, 0.3) is 0 Å². The second kappa shape index (κ2) is 3.39. The summed E-state index contributed by atoms with van der Waals surface area (Å²) in [5.41, 5.74) is 3.18. The Bertz CT molecular complexity index is 339. The van der Waals surface area contributed by atoms with Gasteiger partial charge in [-0.05, 0) is 39.5 Å². The number of hydrogen-bond donors (Lipinski definition) is 1. The summed E-state index contributed by atoms with van der Waals surface area (Å²) in [5, 5.41) is 14.5. The number of nitrogens with zero attached hydrogens (tertiary/aromatic N) is 2. The Labute approximate surface area is 84.7 Å². The first-order chi connectivity index (χ1) is 6.65. The zero-order valence-corrected chi connectivity index (χ0v) is 9.12. The number of hydrogen-bond acceptors (Lipinski definition) is 2. The van der Waals surface area contributed by atoms with Crippen molar-refractivity contribution in [2.24, 2.45) is 5.92 Å². The minimum atomic E-state index is -0.282. The van der Waals surface area contributed by atoms with E-state index in [0.29, 0.717) is 5.92 Å². The first kappa shape index (κ1) is 9.71. The van der Waals surface area contributed by atoms with Gasteiger partial charge in [0.1, 0.15) is 0 Å². The van der Waals surface area contributed by atoms with Gasteiger partial charge in [0.05, 0.1) is 11.8 Å². The zero-order valence-electron chi connectivity index (χ0n) is 9.12. The molecule has 1 atom stereocenters. The molecule has 1 aromatic heterocycles. The lowest BCUT2D eigenvalue weighted by molar-refractivity contribution is 0.152. The standard InChI is InChI=1S/C11H18N2O/c1-4-13-8(3)10(7(2)12-13)11(14)9-5-6-9/h9,11,14H,4-6H2,1-3H3. The van der Waals surface area contributed by atoms with Crippen molar-refractivity contribution in [3.05, 3.63) is 17.0 Å². The first-order valence-corrected chi connectivity index (χ1v) is 5.37. The lowest BCUT2D eigenvalue weighted by atomic mass is 10.0. The highest BCUT2D eigenvalue weighted by molar-refractivity contribution is 5.28. The average molecular weight is 194 g/mol. The minimum Gasteiger partial charge on any atom is -0.388 e. The van der Waals surface area contributed by atoms with Crippen molar-refractivity contribution in [2.45, 2.75) is 46.3 Å². The maximum Gasteiger partial charge on any atom is 0.0853 e. The van der Waals surface area contributed by atoms with Gasteiger partial charge < -0.3 is 5.11 Å². The highest BCUT2D eigenvalue weighted by Gasteiger charge is 2.33. The average Bonchev–Trinajstić information content (AvgIpc) is 2.93. The summed E-state index contributed by atoms with van der Waals surface area (Å²) in [5.74, 6) is 0.488. The first-order valence-electron chi connectivity index (χ1n) is 5.37. The van der Waals surface area contributed by atoms with Gasteiger partial charge in [-0.15, -0.1) is 0 Å². The fourth-order valence-corrected chi connectivity index (χ4v) is 2.09. The molecule has 1 saturated carbocycles. The molecule has 0 radical (unpaired) electrons. The van der Waals surface area contributed by atoms with E-state index in [2.05, 4.69) is 12.0 Å². The van der Waals surface area contributed by atoms with E-state index in [1.165, 1.54) is 0 Å². The molecule has 0 aromatic carbocycles. The van der Waals surface area contributed by atoms with E-state index < -0.39 is 0 Å². The second-order valence-electron chi connectivity index (χ2n) is 4.18. The number of aliphatic hydroxyl groups excluding tert-OH is 1. The molecule has 0 bridgehead atoms. The number of aryl methyl sites for hydroxylation is 2. The molecule has 2 rings (SSSR count). The monoisotopic (exact) mass is 194 g/mol. The number of aliphatic hydroxyl groups is 1. The van der Waals surface area contributed by atoms with Crippen LogP contribution >= 0.6 is 0 Å². The molecule has 14 heavy (non-hydrogen) atoms. The third-order valence-corrected chi connectivity index (χ3v) is 3.10. The zero-order chi connectivity index (χ0) is 10.3. The number of rotatable bonds is 3. The Balaban J connectivity index is 2.35. The van der Waals surface area contributed by atoms with E-state index in [1.807, 2.05) is 18.5 Å². The van der Waals surface area contributed by atoms with Crippen LogP contribution in [0.15, 0.2) is 0 Å². The molecule has 1 aliphatic carbocycles.